The van der Waals surface area contributed by atoms with E-state index in [0.717, 1.165) is 44.8 Å². The molecule has 2 nitrogen and oxygen atoms in total. The Morgan fingerprint density at radius 2 is 1.02 bits per heavy atom. The summed E-state index contributed by atoms with van der Waals surface area (Å²) in [5.41, 5.74) is 14.1. The maximum absolute atomic E-state index is 13.2. The lowest BCUT2D eigenvalue weighted by Gasteiger charge is -2.18. The number of nitrogens with one attached hydrogen (secondary N) is 1. The molecule has 8 aromatic carbocycles. The molecule has 0 atom stereocenters. The standard InChI is InChI=1S/C38H29F3N2.C13H12/c1-2-9-29(38(39,40)41)23-30(42)24-43-31-20-18-26(19-21-31)36-32-12-5-7-14-34(32)37(35-15-8-6-13-33(35)36)28-17-16-25-10-3-4-11-27(25)22-28;1-11-7-9-13(10-8-11)12-5-3-2-4-6-12/h2-24,43H,42H2,1H3;2-10H,1H3/b9-2-,29-23+,30-24-;. The number of nitrogens with two attached hydrogens (primary N) is 1. The van der Waals surface area contributed by atoms with Crippen LogP contribution < -0.4 is 11.1 Å². The van der Waals surface area contributed by atoms with E-state index in [9.17, 15) is 13.2 Å². The smallest absolute Gasteiger partial charge is 0.398 e. The van der Waals surface area contributed by atoms with Crippen molar-refractivity contribution in [1.82, 2.24) is 0 Å². The second-order valence-corrected chi connectivity index (χ2v) is 13.6. The van der Waals surface area contributed by atoms with Gasteiger partial charge < -0.3 is 11.1 Å². The van der Waals surface area contributed by atoms with E-state index in [1.165, 1.54) is 57.8 Å². The number of benzene rings is 8. The highest BCUT2D eigenvalue weighted by Crippen LogP contribution is 2.44. The zero-order valence-corrected chi connectivity index (χ0v) is 31.2. The van der Waals surface area contributed by atoms with E-state index in [-0.39, 0.29) is 5.70 Å². The topological polar surface area (TPSA) is 38.0 Å². The molecule has 0 aliphatic rings. The van der Waals surface area contributed by atoms with Crippen molar-refractivity contribution >= 4 is 38.0 Å². The molecular weight excluding hydrogens is 698 g/mol. The van der Waals surface area contributed by atoms with Gasteiger partial charge in [0.25, 0.3) is 0 Å². The number of hydrogen-bond donors (Lipinski definition) is 2. The molecule has 5 heteroatoms. The van der Waals surface area contributed by atoms with Crippen LogP contribution in [0.15, 0.2) is 206 Å². The van der Waals surface area contributed by atoms with E-state index in [1.54, 1.807) is 0 Å². The fraction of sp³-hybridized carbons (Fsp3) is 0.0588. The van der Waals surface area contributed by atoms with Crippen molar-refractivity contribution in [2.45, 2.75) is 20.0 Å². The van der Waals surface area contributed by atoms with Crippen LogP contribution in [0.2, 0.25) is 0 Å². The van der Waals surface area contributed by atoms with E-state index < -0.39 is 11.7 Å². The first-order valence-electron chi connectivity index (χ1n) is 18.5. The second kappa shape index (κ2) is 16.7. The maximum atomic E-state index is 13.2. The molecular formula is C51H41F3N2. The van der Waals surface area contributed by atoms with E-state index in [1.807, 2.05) is 30.3 Å². The number of fused-ring (bicyclic) bond motifs is 3. The van der Waals surface area contributed by atoms with Gasteiger partial charge in [-0.2, -0.15) is 13.2 Å². The molecule has 0 heterocycles. The van der Waals surface area contributed by atoms with Crippen LogP contribution in [-0.4, -0.2) is 6.18 Å². The van der Waals surface area contributed by atoms with Crippen LogP contribution in [0.25, 0.3) is 65.7 Å². The number of aryl methyl sites for hydroxylation is 1. The summed E-state index contributed by atoms with van der Waals surface area (Å²) in [5, 5.41) is 10.0. The summed E-state index contributed by atoms with van der Waals surface area (Å²) in [6.07, 6.45) is 0.127. The van der Waals surface area contributed by atoms with Crippen molar-refractivity contribution in [3.8, 4) is 33.4 Å². The molecule has 0 radical (unpaired) electrons. The molecule has 0 aliphatic heterocycles. The van der Waals surface area contributed by atoms with E-state index in [4.69, 9.17) is 5.73 Å². The van der Waals surface area contributed by atoms with Crippen molar-refractivity contribution < 1.29 is 13.2 Å². The average molecular weight is 739 g/mol. The van der Waals surface area contributed by atoms with Crippen LogP contribution in [0.5, 0.6) is 0 Å². The predicted molar refractivity (Wildman–Crippen MR) is 231 cm³/mol. The van der Waals surface area contributed by atoms with Crippen LogP contribution >= 0.6 is 0 Å². The Hall–Kier alpha value is -6.85. The molecule has 0 spiro atoms. The molecule has 8 aromatic rings. The zero-order chi connectivity index (χ0) is 39.1. The highest BCUT2D eigenvalue weighted by Gasteiger charge is 2.31. The van der Waals surface area contributed by atoms with Crippen molar-refractivity contribution in [3.63, 3.8) is 0 Å². The Kier molecular flexibility index (Phi) is 11.1. The number of halogens is 3. The quantitative estimate of drug-likeness (QED) is 0.126. The Morgan fingerprint density at radius 3 is 1.59 bits per heavy atom. The van der Waals surface area contributed by atoms with Gasteiger partial charge >= 0.3 is 6.18 Å². The van der Waals surface area contributed by atoms with Gasteiger partial charge in [0.15, 0.2) is 0 Å². The van der Waals surface area contributed by atoms with Crippen molar-refractivity contribution in [1.29, 1.82) is 0 Å². The molecule has 0 saturated carbocycles. The number of anilines is 1. The number of rotatable bonds is 7. The lowest BCUT2D eigenvalue weighted by Crippen LogP contribution is -2.12. The summed E-state index contributed by atoms with van der Waals surface area (Å²) in [4.78, 5) is 0. The minimum atomic E-state index is -4.48. The summed E-state index contributed by atoms with van der Waals surface area (Å²) in [5.74, 6) is 0. The van der Waals surface area contributed by atoms with Crippen LogP contribution in [0.1, 0.15) is 12.5 Å². The maximum Gasteiger partial charge on any atom is 0.416 e. The van der Waals surface area contributed by atoms with Gasteiger partial charge in [0.2, 0.25) is 0 Å². The second-order valence-electron chi connectivity index (χ2n) is 13.6. The Labute approximate surface area is 325 Å². The van der Waals surface area contributed by atoms with Gasteiger partial charge in [-0.15, -0.1) is 0 Å². The number of alkyl halides is 3. The molecule has 0 fully saturated rings. The van der Waals surface area contributed by atoms with Crippen LogP contribution in [-0.2, 0) is 0 Å². The molecule has 8 rings (SSSR count). The first-order chi connectivity index (χ1) is 27.2. The normalized spacial score (nSPS) is 12.2. The molecule has 276 valence electrons. The average Bonchev–Trinajstić information content (AvgIpc) is 3.22. The highest BCUT2D eigenvalue weighted by molar-refractivity contribution is 6.21. The lowest BCUT2D eigenvalue weighted by molar-refractivity contribution is -0.0882. The van der Waals surface area contributed by atoms with Crippen LogP contribution in [0, 0.1) is 6.92 Å². The predicted octanol–water partition coefficient (Wildman–Crippen LogP) is 14.4. The Morgan fingerprint density at radius 1 is 0.536 bits per heavy atom. The highest BCUT2D eigenvalue weighted by atomic mass is 19.4. The summed E-state index contributed by atoms with van der Waals surface area (Å²) >= 11 is 0. The minimum Gasteiger partial charge on any atom is -0.398 e. The summed E-state index contributed by atoms with van der Waals surface area (Å²) in [6, 6.07) is 58.8. The van der Waals surface area contributed by atoms with Gasteiger partial charge in [-0.3, -0.25) is 0 Å². The summed E-state index contributed by atoms with van der Waals surface area (Å²) < 4.78 is 39.7. The first kappa shape index (κ1) is 37.5. The minimum absolute atomic E-state index is 0.0317. The Bertz CT molecular complexity index is 2650. The van der Waals surface area contributed by atoms with Crippen LogP contribution in [0.4, 0.5) is 18.9 Å². The van der Waals surface area contributed by atoms with Gasteiger partial charge in [0.05, 0.1) is 5.57 Å². The number of hydrogen-bond acceptors (Lipinski definition) is 2. The molecule has 3 N–H and O–H groups in total. The van der Waals surface area contributed by atoms with E-state index >= 15 is 0 Å². The molecule has 0 saturated heterocycles. The summed E-state index contributed by atoms with van der Waals surface area (Å²) in [6.45, 7) is 3.64. The van der Waals surface area contributed by atoms with Gasteiger partial charge in [0.1, 0.15) is 0 Å². The number of allylic oxidation sites excluding steroid dienone is 4. The third-order valence-corrected chi connectivity index (χ3v) is 9.70. The fourth-order valence-corrected chi connectivity index (χ4v) is 7.00. The van der Waals surface area contributed by atoms with E-state index in [2.05, 4.69) is 152 Å². The van der Waals surface area contributed by atoms with Crippen LogP contribution in [0.3, 0.4) is 0 Å². The molecule has 0 bridgehead atoms. The molecule has 0 unspecified atom stereocenters. The van der Waals surface area contributed by atoms with Gasteiger partial charge in [-0.25, -0.2) is 0 Å². The van der Waals surface area contributed by atoms with Crippen molar-refractivity contribution in [2.24, 2.45) is 5.73 Å². The molecule has 0 aromatic heterocycles. The van der Waals surface area contributed by atoms with Gasteiger partial charge in [-0.05, 0) is 104 Å². The molecule has 0 aliphatic carbocycles. The lowest BCUT2D eigenvalue weighted by atomic mass is 9.85. The third-order valence-electron chi connectivity index (χ3n) is 9.70. The molecule has 0 amide bonds. The van der Waals surface area contributed by atoms with Gasteiger partial charge in [-0.1, -0.05) is 169 Å². The zero-order valence-electron chi connectivity index (χ0n) is 31.2. The SMILES string of the molecule is C\C=C/C(=C\C(N)=C\Nc1ccc(-c2c3ccccc3c(-c3ccc4ccccc4c3)c3ccccc23)cc1)C(F)(F)F.Cc1ccc(-c2ccccc2)cc1. The Balaban J connectivity index is 0.000000311. The monoisotopic (exact) mass is 738 g/mol. The van der Waals surface area contributed by atoms with E-state index in [0.29, 0.717) is 5.69 Å². The fourth-order valence-electron chi connectivity index (χ4n) is 7.00. The summed E-state index contributed by atoms with van der Waals surface area (Å²) in [7, 11) is 0. The van der Waals surface area contributed by atoms with Crippen molar-refractivity contribution in [3.05, 3.63) is 211 Å². The largest absolute Gasteiger partial charge is 0.416 e. The third kappa shape index (κ3) is 8.43. The van der Waals surface area contributed by atoms with Crippen molar-refractivity contribution in [2.75, 3.05) is 5.32 Å². The molecule has 56 heavy (non-hydrogen) atoms. The van der Waals surface area contributed by atoms with Gasteiger partial charge in [0, 0.05) is 17.6 Å². The first-order valence-corrected chi connectivity index (χ1v) is 18.5.